The van der Waals surface area contributed by atoms with Gasteiger partial charge in [-0.3, -0.25) is 4.79 Å². The van der Waals surface area contributed by atoms with Gasteiger partial charge in [-0.1, -0.05) is 13.8 Å². The quantitative estimate of drug-likeness (QED) is 0.770. The molecule has 0 aromatic carbocycles. The normalized spacial score (nSPS) is 36.1. The molecule has 3 nitrogen and oxygen atoms in total. The van der Waals surface area contributed by atoms with E-state index in [1.165, 1.54) is 6.42 Å². The molecule has 0 bridgehead atoms. The summed E-state index contributed by atoms with van der Waals surface area (Å²) >= 11 is 0. The van der Waals surface area contributed by atoms with E-state index in [-0.39, 0.29) is 17.6 Å². The Hall–Kier alpha value is -0.570. The Morgan fingerprint density at radius 1 is 1.24 bits per heavy atom. The molecule has 2 rings (SSSR count). The average Bonchev–Trinajstić information content (AvgIpc) is 2.12. The van der Waals surface area contributed by atoms with Crippen LogP contribution < -0.4 is 5.73 Å². The largest absolute Gasteiger partial charge is 0.462 e. The summed E-state index contributed by atoms with van der Waals surface area (Å²) in [5.74, 6) is 1.26. The molecule has 0 amide bonds. The molecule has 0 aliphatic heterocycles. The van der Waals surface area contributed by atoms with E-state index in [2.05, 4.69) is 13.8 Å². The summed E-state index contributed by atoms with van der Waals surface area (Å²) in [5.41, 5.74) is 5.82. The van der Waals surface area contributed by atoms with Gasteiger partial charge in [0, 0.05) is 5.54 Å². The fourth-order valence-corrected chi connectivity index (χ4v) is 3.29. The van der Waals surface area contributed by atoms with Crippen molar-refractivity contribution in [1.29, 1.82) is 0 Å². The van der Waals surface area contributed by atoms with Crippen LogP contribution in [-0.2, 0) is 9.53 Å². The van der Waals surface area contributed by atoms with Crippen molar-refractivity contribution in [2.45, 2.75) is 70.4 Å². The van der Waals surface area contributed by atoms with Crippen molar-refractivity contribution >= 4 is 5.97 Å². The zero-order chi connectivity index (χ0) is 12.5. The summed E-state index contributed by atoms with van der Waals surface area (Å²) in [6.45, 7) is 4.49. The summed E-state index contributed by atoms with van der Waals surface area (Å²) in [6, 6.07) is 0. The summed E-state index contributed by atoms with van der Waals surface area (Å²) in [7, 11) is 0. The van der Waals surface area contributed by atoms with Crippen molar-refractivity contribution in [3.8, 4) is 0 Å². The van der Waals surface area contributed by atoms with E-state index in [1.807, 2.05) is 0 Å². The number of ether oxygens (including phenoxy) is 1. The highest BCUT2D eigenvalue weighted by Gasteiger charge is 2.36. The Balaban J connectivity index is 1.77. The lowest BCUT2D eigenvalue weighted by Gasteiger charge is -2.38. The first-order valence-electron chi connectivity index (χ1n) is 6.95. The van der Waals surface area contributed by atoms with E-state index >= 15 is 0 Å². The third-order valence-corrected chi connectivity index (χ3v) is 4.28. The zero-order valence-electron chi connectivity index (χ0n) is 11.1. The van der Waals surface area contributed by atoms with Crippen LogP contribution in [0.5, 0.6) is 0 Å². The highest BCUT2D eigenvalue weighted by molar-refractivity contribution is 5.71. The van der Waals surface area contributed by atoms with Gasteiger partial charge in [0.25, 0.3) is 0 Å². The van der Waals surface area contributed by atoms with E-state index in [0.717, 1.165) is 32.1 Å². The van der Waals surface area contributed by atoms with Gasteiger partial charge in [-0.05, 0) is 50.4 Å². The van der Waals surface area contributed by atoms with Crippen molar-refractivity contribution in [3.63, 3.8) is 0 Å². The van der Waals surface area contributed by atoms with Crippen molar-refractivity contribution in [1.82, 2.24) is 0 Å². The molecule has 0 aromatic heterocycles. The summed E-state index contributed by atoms with van der Waals surface area (Å²) in [4.78, 5) is 11.8. The van der Waals surface area contributed by atoms with Gasteiger partial charge in [0.1, 0.15) is 6.10 Å². The van der Waals surface area contributed by atoms with Gasteiger partial charge in [0.2, 0.25) is 0 Å². The van der Waals surface area contributed by atoms with E-state index in [9.17, 15) is 4.79 Å². The summed E-state index contributed by atoms with van der Waals surface area (Å²) in [6.07, 6.45) is 6.94. The van der Waals surface area contributed by atoms with E-state index < -0.39 is 0 Å². The minimum Gasteiger partial charge on any atom is -0.462 e. The van der Waals surface area contributed by atoms with Gasteiger partial charge in [-0.25, -0.2) is 0 Å². The molecule has 0 radical (unpaired) electrons. The van der Waals surface area contributed by atoms with Crippen molar-refractivity contribution < 1.29 is 9.53 Å². The molecule has 0 aromatic rings. The first-order chi connectivity index (χ1) is 7.97. The van der Waals surface area contributed by atoms with E-state index in [4.69, 9.17) is 10.5 Å². The first-order valence-corrected chi connectivity index (χ1v) is 6.95. The third kappa shape index (κ3) is 3.44. The molecular formula is C14H25NO2. The second-order valence-corrected chi connectivity index (χ2v) is 6.42. The fraction of sp³-hybridized carbons (Fsp3) is 0.929. The maximum atomic E-state index is 11.8. The van der Waals surface area contributed by atoms with Crippen LogP contribution in [0.15, 0.2) is 0 Å². The van der Waals surface area contributed by atoms with Gasteiger partial charge in [0.15, 0.2) is 0 Å². The minimum atomic E-state index is -0.247. The molecule has 2 atom stereocenters. The topological polar surface area (TPSA) is 52.3 Å². The van der Waals surface area contributed by atoms with Gasteiger partial charge < -0.3 is 10.5 Å². The number of nitrogens with two attached hydrogens (primary N) is 1. The maximum absolute atomic E-state index is 11.8. The molecule has 3 heteroatoms. The smallest absolute Gasteiger partial charge is 0.307 e. The number of esters is 1. The number of hydrogen-bond donors (Lipinski definition) is 1. The van der Waals surface area contributed by atoms with Crippen LogP contribution in [0.1, 0.15) is 58.8 Å². The van der Waals surface area contributed by atoms with Gasteiger partial charge in [0.05, 0.1) is 6.42 Å². The van der Waals surface area contributed by atoms with E-state index in [1.54, 1.807) is 0 Å². The Kier molecular flexibility index (Phi) is 3.76. The van der Waals surface area contributed by atoms with Gasteiger partial charge in [-0.15, -0.1) is 0 Å². The molecule has 2 aliphatic rings. The molecule has 17 heavy (non-hydrogen) atoms. The molecular weight excluding hydrogens is 214 g/mol. The second kappa shape index (κ2) is 4.97. The van der Waals surface area contributed by atoms with Crippen LogP contribution in [-0.4, -0.2) is 17.6 Å². The number of carbonyl (C=O) groups is 1. The molecule has 0 heterocycles. The summed E-state index contributed by atoms with van der Waals surface area (Å²) < 4.78 is 5.58. The van der Waals surface area contributed by atoms with Crippen LogP contribution in [0.4, 0.5) is 0 Å². The Morgan fingerprint density at radius 2 is 1.82 bits per heavy atom. The summed E-state index contributed by atoms with van der Waals surface area (Å²) in [5, 5.41) is 0. The van der Waals surface area contributed by atoms with Crippen molar-refractivity contribution in [3.05, 3.63) is 0 Å². The van der Waals surface area contributed by atoms with Crippen molar-refractivity contribution in [2.75, 3.05) is 0 Å². The molecule has 2 aliphatic carbocycles. The van der Waals surface area contributed by atoms with Crippen LogP contribution in [0.3, 0.4) is 0 Å². The Bertz CT molecular complexity index is 276. The molecule has 2 fully saturated rings. The Morgan fingerprint density at radius 3 is 2.29 bits per heavy atom. The molecule has 98 valence electrons. The standard InChI is InChI=1S/C14H25NO2/c1-10-6-11(2)8-12(7-10)17-13(16)9-14(15)4-3-5-14/h10-12H,3-9,15H2,1-2H3. The van der Waals surface area contributed by atoms with Crippen LogP contribution in [0.25, 0.3) is 0 Å². The van der Waals surface area contributed by atoms with E-state index in [0.29, 0.717) is 18.3 Å². The monoisotopic (exact) mass is 239 g/mol. The minimum absolute atomic E-state index is 0.0847. The molecule has 2 unspecified atom stereocenters. The Labute approximate surface area is 104 Å². The third-order valence-electron chi connectivity index (χ3n) is 4.28. The zero-order valence-corrected chi connectivity index (χ0v) is 11.1. The lowest BCUT2D eigenvalue weighted by molar-refractivity contribution is -0.154. The maximum Gasteiger partial charge on any atom is 0.307 e. The SMILES string of the molecule is CC1CC(C)CC(OC(=O)CC2(N)CCC2)C1. The molecule has 0 saturated heterocycles. The highest BCUT2D eigenvalue weighted by Crippen LogP contribution is 2.34. The van der Waals surface area contributed by atoms with Gasteiger partial charge >= 0.3 is 5.97 Å². The number of rotatable bonds is 3. The first kappa shape index (κ1) is 12.9. The predicted octanol–water partition coefficient (Wildman–Crippen LogP) is 2.63. The predicted molar refractivity (Wildman–Crippen MR) is 67.4 cm³/mol. The lowest BCUT2D eigenvalue weighted by atomic mass is 9.75. The van der Waals surface area contributed by atoms with Crippen LogP contribution in [0, 0.1) is 11.8 Å². The molecule has 2 saturated carbocycles. The highest BCUT2D eigenvalue weighted by atomic mass is 16.5. The second-order valence-electron chi connectivity index (χ2n) is 6.42. The number of hydrogen-bond acceptors (Lipinski definition) is 3. The van der Waals surface area contributed by atoms with Crippen LogP contribution in [0.2, 0.25) is 0 Å². The molecule has 0 spiro atoms. The lowest BCUT2D eigenvalue weighted by Crippen LogP contribution is -2.48. The van der Waals surface area contributed by atoms with Crippen molar-refractivity contribution in [2.24, 2.45) is 17.6 Å². The molecule has 2 N–H and O–H groups in total. The number of carbonyl (C=O) groups excluding carboxylic acids is 1. The van der Waals surface area contributed by atoms with Gasteiger partial charge in [-0.2, -0.15) is 0 Å². The fourth-order valence-electron chi connectivity index (χ4n) is 3.29. The average molecular weight is 239 g/mol. The van der Waals surface area contributed by atoms with Crippen LogP contribution >= 0.6 is 0 Å².